The summed E-state index contributed by atoms with van der Waals surface area (Å²) >= 11 is 0. The van der Waals surface area contributed by atoms with Crippen molar-refractivity contribution in [1.82, 2.24) is 0 Å². The van der Waals surface area contributed by atoms with Crippen molar-refractivity contribution in [2.45, 2.75) is 18.9 Å². The van der Waals surface area contributed by atoms with E-state index in [-0.39, 0.29) is 5.92 Å². The highest BCUT2D eigenvalue weighted by molar-refractivity contribution is 7.46. The summed E-state index contributed by atoms with van der Waals surface area (Å²) in [5.41, 5.74) is 0.915. The first-order valence-electron chi connectivity index (χ1n) is 4.85. The second-order valence-corrected chi connectivity index (χ2v) is 4.67. The third-order valence-corrected chi connectivity index (χ3v) is 2.85. The minimum absolute atomic E-state index is 0.242. The van der Waals surface area contributed by atoms with Gasteiger partial charge in [0.2, 0.25) is 0 Å². The van der Waals surface area contributed by atoms with Gasteiger partial charge in [-0.05, 0) is 12.5 Å². The maximum Gasteiger partial charge on any atom is 0.469 e. The van der Waals surface area contributed by atoms with E-state index in [1.165, 1.54) is 0 Å². The maximum atomic E-state index is 10.7. The Morgan fingerprint density at radius 3 is 2.38 bits per heavy atom. The summed E-state index contributed by atoms with van der Waals surface area (Å²) in [4.78, 5) is 17.5. The van der Waals surface area contributed by atoms with Crippen molar-refractivity contribution in [3.63, 3.8) is 0 Å². The summed E-state index contributed by atoms with van der Waals surface area (Å²) in [5.74, 6) is -0.242. The van der Waals surface area contributed by atoms with E-state index < -0.39 is 13.9 Å². The Bertz CT molecular complexity index is 384. The van der Waals surface area contributed by atoms with Crippen molar-refractivity contribution in [2.24, 2.45) is 0 Å². The molecule has 0 aromatic heterocycles. The molecular formula is C11H15O4P. The molecule has 0 aliphatic heterocycles. The van der Waals surface area contributed by atoms with Crippen LogP contribution in [0.3, 0.4) is 0 Å². The van der Waals surface area contributed by atoms with Gasteiger partial charge in [0.25, 0.3) is 0 Å². The van der Waals surface area contributed by atoms with Crippen LogP contribution in [0.15, 0.2) is 43.0 Å². The molecule has 0 radical (unpaired) electrons. The molecule has 1 aromatic rings. The van der Waals surface area contributed by atoms with Crippen LogP contribution >= 0.6 is 7.82 Å². The Morgan fingerprint density at radius 1 is 1.38 bits per heavy atom. The van der Waals surface area contributed by atoms with Crippen LogP contribution in [-0.2, 0) is 9.09 Å². The molecule has 1 rings (SSSR count). The van der Waals surface area contributed by atoms with Crippen LogP contribution < -0.4 is 0 Å². The lowest BCUT2D eigenvalue weighted by molar-refractivity contribution is 0.135. The second-order valence-electron chi connectivity index (χ2n) is 3.47. The maximum absolute atomic E-state index is 10.7. The molecule has 4 nitrogen and oxygen atoms in total. The SMILES string of the molecule is C=CC(c1ccccc1)C(C)OP(=O)(O)O. The summed E-state index contributed by atoms with van der Waals surface area (Å²) in [7, 11) is -4.46. The predicted octanol–water partition coefficient (Wildman–Crippen LogP) is 2.45. The van der Waals surface area contributed by atoms with Crippen LogP contribution in [-0.4, -0.2) is 15.9 Å². The minimum atomic E-state index is -4.46. The van der Waals surface area contributed by atoms with Gasteiger partial charge in [-0.25, -0.2) is 4.57 Å². The van der Waals surface area contributed by atoms with Gasteiger partial charge >= 0.3 is 7.82 Å². The van der Waals surface area contributed by atoms with Crippen molar-refractivity contribution >= 4 is 7.82 Å². The zero-order valence-electron chi connectivity index (χ0n) is 8.98. The predicted molar refractivity (Wildman–Crippen MR) is 62.0 cm³/mol. The Hall–Kier alpha value is -0.930. The molecule has 0 aliphatic carbocycles. The topological polar surface area (TPSA) is 66.8 Å². The Labute approximate surface area is 94.8 Å². The van der Waals surface area contributed by atoms with E-state index in [0.717, 1.165) is 5.56 Å². The molecule has 2 atom stereocenters. The van der Waals surface area contributed by atoms with Crippen molar-refractivity contribution in [3.8, 4) is 0 Å². The van der Waals surface area contributed by atoms with Crippen LogP contribution in [0, 0.1) is 0 Å². The lowest BCUT2D eigenvalue weighted by Crippen LogP contribution is -2.16. The van der Waals surface area contributed by atoms with Gasteiger partial charge in [-0.3, -0.25) is 4.52 Å². The normalized spacial score (nSPS) is 15.4. The highest BCUT2D eigenvalue weighted by Crippen LogP contribution is 2.40. The Kier molecular flexibility index (Phi) is 4.44. The van der Waals surface area contributed by atoms with E-state index in [9.17, 15) is 4.57 Å². The van der Waals surface area contributed by atoms with Gasteiger partial charge in [0.15, 0.2) is 0 Å². The number of rotatable bonds is 5. The molecule has 0 aliphatic rings. The van der Waals surface area contributed by atoms with Crippen molar-refractivity contribution in [1.29, 1.82) is 0 Å². The summed E-state index contributed by atoms with van der Waals surface area (Å²) < 4.78 is 15.4. The quantitative estimate of drug-likeness (QED) is 0.614. The van der Waals surface area contributed by atoms with Crippen molar-refractivity contribution in [3.05, 3.63) is 48.6 Å². The average Bonchev–Trinajstić information content (AvgIpc) is 2.17. The molecule has 1 aromatic carbocycles. The van der Waals surface area contributed by atoms with Crippen LogP contribution in [0.4, 0.5) is 0 Å². The third-order valence-electron chi connectivity index (χ3n) is 2.25. The van der Waals surface area contributed by atoms with Crippen LogP contribution in [0.25, 0.3) is 0 Å². The molecular weight excluding hydrogens is 227 g/mol. The monoisotopic (exact) mass is 242 g/mol. The molecule has 0 saturated carbocycles. The molecule has 0 spiro atoms. The Morgan fingerprint density at radius 2 is 1.94 bits per heavy atom. The smallest absolute Gasteiger partial charge is 0.303 e. The van der Waals surface area contributed by atoms with E-state index in [4.69, 9.17) is 9.79 Å². The molecule has 2 unspecified atom stereocenters. The highest BCUT2D eigenvalue weighted by atomic mass is 31.2. The molecule has 88 valence electrons. The molecule has 16 heavy (non-hydrogen) atoms. The van der Waals surface area contributed by atoms with E-state index >= 15 is 0 Å². The van der Waals surface area contributed by atoms with Crippen LogP contribution in [0.5, 0.6) is 0 Å². The summed E-state index contributed by atoms with van der Waals surface area (Å²) in [6.45, 7) is 5.27. The van der Waals surface area contributed by atoms with Crippen molar-refractivity contribution in [2.75, 3.05) is 0 Å². The highest BCUT2D eigenvalue weighted by Gasteiger charge is 2.24. The van der Waals surface area contributed by atoms with E-state index in [1.54, 1.807) is 13.0 Å². The molecule has 0 saturated heterocycles. The van der Waals surface area contributed by atoms with Gasteiger partial charge in [-0.1, -0.05) is 36.4 Å². The van der Waals surface area contributed by atoms with Gasteiger partial charge in [-0.2, -0.15) is 0 Å². The zero-order chi connectivity index (χ0) is 12.2. The Balaban J connectivity index is 2.83. The van der Waals surface area contributed by atoms with Gasteiger partial charge < -0.3 is 9.79 Å². The molecule has 0 fully saturated rings. The van der Waals surface area contributed by atoms with Gasteiger partial charge in [0.05, 0.1) is 6.10 Å². The summed E-state index contributed by atoms with van der Waals surface area (Å²) in [6, 6.07) is 9.32. The second kappa shape index (κ2) is 5.41. The minimum Gasteiger partial charge on any atom is -0.303 e. The zero-order valence-corrected chi connectivity index (χ0v) is 9.88. The first kappa shape index (κ1) is 13.1. The standard InChI is InChI=1S/C11H15O4P/c1-3-11(9(2)15-16(12,13)14)10-7-5-4-6-8-10/h3-9,11H,1H2,2H3,(H2,12,13,14). The number of benzene rings is 1. The number of hydrogen-bond donors (Lipinski definition) is 2. The largest absolute Gasteiger partial charge is 0.469 e. The third kappa shape index (κ3) is 3.91. The molecule has 2 N–H and O–H groups in total. The van der Waals surface area contributed by atoms with Crippen molar-refractivity contribution < 1.29 is 18.9 Å². The van der Waals surface area contributed by atoms with Gasteiger partial charge in [0, 0.05) is 5.92 Å². The van der Waals surface area contributed by atoms with E-state index in [1.807, 2.05) is 30.3 Å². The summed E-state index contributed by atoms with van der Waals surface area (Å²) in [6.07, 6.45) is 0.996. The van der Waals surface area contributed by atoms with Crippen LogP contribution in [0.2, 0.25) is 0 Å². The fraction of sp³-hybridized carbons (Fsp3) is 0.273. The molecule has 0 amide bonds. The average molecular weight is 242 g/mol. The van der Waals surface area contributed by atoms with Gasteiger partial charge in [0.1, 0.15) is 0 Å². The van der Waals surface area contributed by atoms with Crippen LogP contribution in [0.1, 0.15) is 18.4 Å². The number of phosphoric acid groups is 1. The van der Waals surface area contributed by atoms with Gasteiger partial charge in [-0.15, -0.1) is 6.58 Å². The molecule has 0 heterocycles. The lowest BCUT2D eigenvalue weighted by Gasteiger charge is -2.21. The molecule has 5 heteroatoms. The van der Waals surface area contributed by atoms with E-state index in [2.05, 4.69) is 11.1 Å². The number of hydrogen-bond acceptors (Lipinski definition) is 2. The lowest BCUT2D eigenvalue weighted by atomic mass is 9.95. The first-order chi connectivity index (χ1) is 7.44. The fourth-order valence-corrected chi connectivity index (χ4v) is 2.12. The van der Waals surface area contributed by atoms with E-state index in [0.29, 0.717) is 0 Å². The first-order valence-corrected chi connectivity index (χ1v) is 6.38. The fourth-order valence-electron chi connectivity index (χ4n) is 1.56. The molecule has 0 bridgehead atoms. The number of phosphoric ester groups is 1. The summed E-state index contributed by atoms with van der Waals surface area (Å²) in [5, 5.41) is 0.